The number of aromatic nitrogens is 2. The number of rotatable bonds is 8. The maximum atomic E-state index is 13.3. The summed E-state index contributed by atoms with van der Waals surface area (Å²) in [5.74, 6) is 1.05. The van der Waals surface area contributed by atoms with Gasteiger partial charge in [-0.1, -0.05) is 12.1 Å². The number of imidazole rings is 1. The number of amides is 1. The van der Waals surface area contributed by atoms with Gasteiger partial charge in [0.25, 0.3) is 5.91 Å². The molecule has 1 atom stereocenters. The molecule has 0 bridgehead atoms. The number of carbonyl (C=O) groups is 1. The Labute approximate surface area is 181 Å². The number of hydrogen-bond donors (Lipinski definition) is 0. The molecule has 0 aliphatic carbocycles. The van der Waals surface area contributed by atoms with E-state index in [0.29, 0.717) is 31.8 Å². The number of ether oxygens (including phenoxy) is 2. The summed E-state index contributed by atoms with van der Waals surface area (Å²) >= 11 is 0. The van der Waals surface area contributed by atoms with Crippen LogP contribution in [0.3, 0.4) is 0 Å². The standard InChI is InChI=1S/C24H26FN3O3/c1-30-21-5-2-4-18(14-21)15-27-12-11-26-23(27)17-28(16-22-6-3-13-31-22)24(29)19-7-9-20(25)10-8-19/h2,4-5,7-12,14,22H,3,6,13,15-17H2,1H3. The largest absolute Gasteiger partial charge is 0.497 e. The molecule has 4 rings (SSSR count). The van der Waals surface area contributed by atoms with Crippen molar-refractivity contribution in [2.75, 3.05) is 20.3 Å². The van der Waals surface area contributed by atoms with E-state index in [1.165, 1.54) is 24.3 Å². The molecule has 31 heavy (non-hydrogen) atoms. The summed E-state index contributed by atoms with van der Waals surface area (Å²) in [6.45, 7) is 2.15. The zero-order valence-electron chi connectivity index (χ0n) is 17.5. The smallest absolute Gasteiger partial charge is 0.254 e. The summed E-state index contributed by atoms with van der Waals surface area (Å²) in [6.07, 6.45) is 5.56. The fraction of sp³-hybridized carbons (Fsp3) is 0.333. The monoisotopic (exact) mass is 423 g/mol. The van der Waals surface area contributed by atoms with E-state index in [4.69, 9.17) is 9.47 Å². The highest BCUT2D eigenvalue weighted by Crippen LogP contribution is 2.19. The lowest BCUT2D eigenvalue weighted by molar-refractivity contribution is 0.0499. The van der Waals surface area contributed by atoms with Crippen LogP contribution in [-0.2, 0) is 17.8 Å². The van der Waals surface area contributed by atoms with Gasteiger partial charge in [0.05, 0.1) is 19.8 Å². The Balaban J connectivity index is 1.54. The Kier molecular flexibility index (Phi) is 6.62. The SMILES string of the molecule is COc1cccc(Cn2ccnc2CN(CC2CCCO2)C(=O)c2ccc(F)cc2)c1. The van der Waals surface area contributed by atoms with Crippen molar-refractivity contribution in [3.05, 3.63) is 83.7 Å². The van der Waals surface area contributed by atoms with Crippen molar-refractivity contribution < 1.29 is 18.7 Å². The normalized spacial score (nSPS) is 15.7. The van der Waals surface area contributed by atoms with E-state index in [2.05, 4.69) is 4.98 Å². The summed E-state index contributed by atoms with van der Waals surface area (Å²) in [5.41, 5.74) is 1.53. The van der Waals surface area contributed by atoms with Gasteiger partial charge < -0.3 is 18.9 Å². The highest BCUT2D eigenvalue weighted by Gasteiger charge is 2.25. The van der Waals surface area contributed by atoms with Crippen LogP contribution >= 0.6 is 0 Å². The molecule has 1 unspecified atom stereocenters. The number of halogens is 1. The third kappa shape index (κ3) is 5.30. The van der Waals surface area contributed by atoms with Crippen LogP contribution < -0.4 is 4.74 Å². The Hall–Kier alpha value is -3.19. The molecule has 1 aliphatic rings. The highest BCUT2D eigenvalue weighted by atomic mass is 19.1. The van der Waals surface area contributed by atoms with Gasteiger partial charge in [-0.05, 0) is 54.8 Å². The van der Waals surface area contributed by atoms with Crippen LogP contribution in [0, 0.1) is 5.82 Å². The lowest BCUT2D eigenvalue weighted by Gasteiger charge is -2.26. The Morgan fingerprint density at radius 2 is 2.13 bits per heavy atom. The highest BCUT2D eigenvalue weighted by molar-refractivity contribution is 5.94. The van der Waals surface area contributed by atoms with Gasteiger partial charge in [0.15, 0.2) is 0 Å². The minimum atomic E-state index is -0.365. The van der Waals surface area contributed by atoms with Crippen LogP contribution in [0.25, 0.3) is 0 Å². The molecule has 1 aliphatic heterocycles. The van der Waals surface area contributed by atoms with Crippen molar-refractivity contribution in [2.45, 2.75) is 32.0 Å². The second-order valence-electron chi connectivity index (χ2n) is 7.65. The molecular formula is C24H26FN3O3. The second kappa shape index (κ2) is 9.75. The molecule has 162 valence electrons. The number of methoxy groups -OCH3 is 1. The first-order valence-electron chi connectivity index (χ1n) is 10.4. The summed E-state index contributed by atoms with van der Waals surface area (Å²) < 4.78 is 26.4. The first kappa shape index (κ1) is 21.1. The van der Waals surface area contributed by atoms with E-state index >= 15 is 0 Å². The van der Waals surface area contributed by atoms with E-state index in [1.807, 2.05) is 35.0 Å². The minimum absolute atomic E-state index is 0.00574. The lowest BCUT2D eigenvalue weighted by atomic mass is 10.1. The number of benzene rings is 2. The van der Waals surface area contributed by atoms with Crippen molar-refractivity contribution >= 4 is 5.91 Å². The average molecular weight is 423 g/mol. The predicted octanol–water partition coefficient (Wildman–Crippen LogP) is 3.90. The van der Waals surface area contributed by atoms with Crippen LogP contribution in [0.2, 0.25) is 0 Å². The van der Waals surface area contributed by atoms with Gasteiger partial charge >= 0.3 is 0 Å². The first-order chi connectivity index (χ1) is 15.1. The van der Waals surface area contributed by atoms with Crippen LogP contribution in [0.5, 0.6) is 5.75 Å². The zero-order valence-corrected chi connectivity index (χ0v) is 17.5. The van der Waals surface area contributed by atoms with E-state index < -0.39 is 0 Å². The van der Waals surface area contributed by atoms with Crippen molar-refractivity contribution in [3.8, 4) is 5.75 Å². The summed E-state index contributed by atoms with van der Waals surface area (Å²) in [6, 6.07) is 13.5. The fourth-order valence-corrected chi connectivity index (χ4v) is 3.80. The quantitative estimate of drug-likeness (QED) is 0.551. The lowest BCUT2D eigenvalue weighted by Crippen LogP contribution is -2.37. The van der Waals surface area contributed by atoms with Crippen LogP contribution in [-0.4, -0.2) is 46.7 Å². The topological polar surface area (TPSA) is 56.6 Å². The first-order valence-corrected chi connectivity index (χ1v) is 10.4. The molecule has 2 heterocycles. The van der Waals surface area contributed by atoms with Gasteiger partial charge in [-0.15, -0.1) is 0 Å². The third-order valence-corrected chi connectivity index (χ3v) is 5.45. The molecule has 1 saturated heterocycles. The van der Waals surface area contributed by atoms with Gasteiger partial charge in [0.1, 0.15) is 17.4 Å². The second-order valence-corrected chi connectivity index (χ2v) is 7.65. The Morgan fingerprint density at radius 3 is 2.87 bits per heavy atom. The van der Waals surface area contributed by atoms with Crippen LogP contribution in [0.15, 0.2) is 60.9 Å². The van der Waals surface area contributed by atoms with Gasteiger partial charge in [0.2, 0.25) is 0 Å². The average Bonchev–Trinajstić information content (AvgIpc) is 3.46. The number of nitrogens with zero attached hydrogens (tertiary/aromatic N) is 3. The van der Waals surface area contributed by atoms with Gasteiger partial charge in [-0.2, -0.15) is 0 Å². The van der Waals surface area contributed by atoms with Crippen molar-refractivity contribution in [1.82, 2.24) is 14.5 Å². The van der Waals surface area contributed by atoms with E-state index in [9.17, 15) is 9.18 Å². The van der Waals surface area contributed by atoms with Gasteiger partial charge in [-0.3, -0.25) is 4.79 Å². The molecule has 1 fully saturated rings. The molecule has 7 heteroatoms. The predicted molar refractivity (Wildman–Crippen MR) is 114 cm³/mol. The molecule has 0 spiro atoms. The van der Waals surface area contributed by atoms with Gasteiger partial charge in [0, 0.05) is 37.7 Å². The van der Waals surface area contributed by atoms with E-state index in [1.54, 1.807) is 18.2 Å². The van der Waals surface area contributed by atoms with Crippen molar-refractivity contribution in [2.24, 2.45) is 0 Å². The molecule has 1 aromatic heterocycles. The fourth-order valence-electron chi connectivity index (χ4n) is 3.80. The van der Waals surface area contributed by atoms with Crippen molar-refractivity contribution in [1.29, 1.82) is 0 Å². The zero-order chi connectivity index (χ0) is 21.6. The Morgan fingerprint density at radius 1 is 1.29 bits per heavy atom. The molecule has 0 N–H and O–H groups in total. The molecule has 1 amide bonds. The summed E-state index contributed by atoms with van der Waals surface area (Å²) in [5, 5.41) is 0. The van der Waals surface area contributed by atoms with Crippen LogP contribution in [0.1, 0.15) is 34.6 Å². The van der Waals surface area contributed by atoms with E-state index in [0.717, 1.165) is 30.0 Å². The minimum Gasteiger partial charge on any atom is -0.497 e. The van der Waals surface area contributed by atoms with Crippen LogP contribution in [0.4, 0.5) is 4.39 Å². The van der Waals surface area contributed by atoms with Crippen molar-refractivity contribution in [3.63, 3.8) is 0 Å². The maximum absolute atomic E-state index is 13.3. The molecule has 0 saturated carbocycles. The molecule has 3 aromatic rings. The Bertz CT molecular complexity index is 1010. The molecule has 2 aromatic carbocycles. The summed E-state index contributed by atoms with van der Waals surface area (Å²) in [7, 11) is 1.64. The number of carbonyl (C=O) groups excluding carboxylic acids is 1. The molecular weight excluding hydrogens is 397 g/mol. The summed E-state index contributed by atoms with van der Waals surface area (Å²) in [4.78, 5) is 19.5. The maximum Gasteiger partial charge on any atom is 0.254 e. The van der Waals surface area contributed by atoms with Gasteiger partial charge in [-0.25, -0.2) is 9.37 Å². The third-order valence-electron chi connectivity index (χ3n) is 5.45. The molecule has 6 nitrogen and oxygen atoms in total. The number of hydrogen-bond acceptors (Lipinski definition) is 4. The van der Waals surface area contributed by atoms with E-state index in [-0.39, 0.29) is 17.8 Å². The molecule has 0 radical (unpaired) electrons.